The van der Waals surface area contributed by atoms with Crippen molar-refractivity contribution in [2.24, 2.45) is 0 Å². The lowest BCUT2D eigenvalue weighted by Gasteiger charge is -2.14. The molecule has 1 aromatic carbocycles. The van der Waals surface area contributed by atoms with Crippen molar-refractivity contribution in [3.8, 4) is 0 Å². The Morgan fingerprint density at radius 1 is 1.40 bits per heavy atom. The highest BCUT2D eigenvalue weighted by Crippen LogP contribution is 2.19. The molecule has 1 unspecified atom stereocenters. The average Bonchev–Trinajstić information content (AvgIpc) is 2.79. The Hall–Kier alpha value is -1.40. The van der Waals surface area contributed by atoms with E-state index in [-0.39, 0.29) is 23.9 Å². The van der Waals surface area contributed by atoms with Crippen LogP contribution in [0.5, 0.6) is 0 Å². The average molecular weight is 342 g/mol. The molecule has 0 aliphatic carbocycles. The van der Waals surface area contributed by atoms with Crippen LogP contribution in [0.3, 0.4) is 0 Å². The number of cyclic esters (lactones) is 1. The summed E-state index contributed by atoms with van der Waals surface area (Å²) in [5.41, 5.74) is 1.10. The van der Waals surface area contributed by atoms with Crippen LogP contribution in [0.4, 0.5) is 4.79 Å². The summed E-state index contributed by atoms with van der Waals surface area (Å²) in [7, 11) is 0. The summed E-state index contributed by atoms with van der Waals surface area (Å²) >= 11 is 3.23. The van der Waals surface area contributed by atoms with Gasteiger partial charge in [0, 0.05) is 13.0 Å². The lowest BCUT2D eigenvalue weighted by molar-refractivity contribution is -0.128. The molecular weight excluding hydrogens is 326 g/mol. The van der Waals surface area contributed by atoms with Crippen molar-refractivity contribution in [1.82, 2.24) is 4.90 Å². The van der Waals surface area contributed by atoms with Crippen LogP contribution in [-0.2, 0) is 20.9 Å². The van der Waals surface area contributed by atoms with E-state index < -0.39 is 6.09 Å². The molecule has 108 valence electrons. The number of rotatable bonds is 6. The lowest BCUT2D eigenvalue weighted by atomic mass is 10.2. The summed E-state index contributed by atoms with van der Waals surface area (Å²) < 4.78 is 10.3. The second-order valence-electron chi connectivity index (χ2n) is 4.42. The molecule has 2 amide bonds. The van der Waals surface area contributed by atoms with Gasteiger partial charge in [-0.05, 0) is 12.0 Å². The van der Waals surface area contributed by atoms with E-state index in [1.54, 1.807) is 0 Å². The molecule has 1 atom stereocenters. The number of hydrogen-bond donors (Lipinski definition) is 0. The number of alkyl halides is 1. The molecule has 0 radical (unpaired) electrons. The van der Waals surface area contributed by atoms with Crippen molar-refractivity contribution >= 4 is 27.9 Å². The second-order valence-corrected chi connectivity index (χ2v) is 5.47. The SMILES string of the molecule is O=C(CCCOCc1ccccc1)N1C(=O)OCC1Br. The fraction of sp³-hybridized carbons (Fsp3) is 0.429. The van der Waals surface area contributed by atoms with Gasteiger partial charge in [-0.15, -0.1) is 0 Å². The highest BCUT2D eigenvalue weighted by atomic mass is 79.9. The number of hydrogen-bond acceptors (Lipinski definition) is 4. The Labute approximate surface area is 126 Å². The van der Waals surface area contributed by atoms with Gasteiger partial charge in [0.1, 0.15) is 11.6 Å². The third kappa shape index (κ3) is 4.05. The molecular formula is C14H16BrNO4. The van der Waals surface area contributed by atoms with Gasteiger partial charge in [-0.25, -0.2) is 9.69 Å². The van der Waals surface area contributed by atoms with Crippen LogP contribution in [-0.4, -0.2) is 35.1 Å². The zero-order valence-electron chi connectivity index (χ0n) is 11.0. The highest BCUT2D eigenvalue weighted by Gasteiger charge is 2.35. The smallest absolute Gasteiger partial charge is 0.417 e. The van der Waals surface area contributed by atoms with Crippen molar-refractivity contribution in [2.75, 3.05) is 13.2 Å². The molecule has 1 saturated heterocycles. The maximum absolute atomic E-state index is 11.8. The van der Waals surface area contributed by atoms with Crippen molar-refractivity contribution in [3.63, 3.8) is 0 Å². The standard InChI is InChI=1S/C14H16BrNO4/c15-12-10-20-14(18)16(12)13(17)7-4-8-19-9-11-5-2-1-3-6-11/h1-3,5-6,12H,4,7-10H2. The van der Waals surface area contributed by atoms with E-state index in [1.165, 1.54) is 0 Å². The first-order valence-electron chi connectivity index (χ1n) is 6.43. The molecule has 5 nitrogen and oxygen atoms in total. The fourth-order valence-corrected chi connectivity index (χ4v) is 2.39. The van der Waals surface area contributed by atoms with Gasteiger partial charge in [0.05, 0.1) is 6.61 Å². The molecule has 0 N–H and O–H groups in total. The normalized spacial score (nSPS) is 18.1. The highest BCUT2D eigenvalue weighted by molar-refractivity contribution is 9.09. The van der Waals surface area contributed by atoms with Gasteiger partial charge in [-0.3, -0.25) is 4.79 Å². The van der Waals surface area contributed by atoms with Gasteiger partial charge in [0.2, 0.25) is 5.91 Å². The number of amides is 2. The van der Waals surface area contributed by atoms with Gasteiger partial charge in [0.25, 0.3) is 0 Å². The minimum absolute atomic E-state index is 0.203. The van der Waals surface area contributed by atoms with E-state index in [1.807, 2.05) is 30.3 Å². The van der Waals surface area contributed by atoms with Crippen LogP contribution in [0.1, 0.15) is 18.4 Å². The van der Waals surface area contributed by atoms with Gasteiger partial charge in [-0.1, -0.05) is 46.3 Å². The van der Waals surface area contributed by atoms with Crippen LogP contribution < -0.4 is 0 Å². The fourth-order valence-electron chi connectivity index (χ4n) is 1.87. The molecule has 0 bridgehead atoms. The molecule has 1 heterocycles. The molecule has 1 aliphatic rings. The van der Waals surface area contributed by atoms with Gasteiger partial charge in [0.15, 0.2) is 0 Å². The number of halogens is 1. The van der Waals surface area contributed by atoms with Gasteiger partial charge >= 0.3 is 6.09 Å². The summed E-state index contributed by atoms with van der Waals surface area (Å²) in [5, 5.41) is 0. The predicted molar refractivity (Wildman–Crippen MR) is 76.2 cm³/mol. The minimum atomic E-state index is -0.581. The predicted octanol–water partition coefficient (Wildman–Crippen LogP) is 2.68. The van der Waals surface area contributed by atoms with Crippen molar-refractivity contribution < 1.29 is 19.1 Å². The summed E-state index contributed by atoms with van der Waals surface area (Å²) in [5.74, 6) is -0.238. The first-order chi connectivity index (χ1) is 9.68. The van der Waals surface area contributed by atoms with E-state index >= 15 is 0 Å². The first-order valence-corrected chi connectivity index (χ1v) is 7.34. The summed E-state index contributed by atoms with van der Waals surface area (Å²) in [6.45, 7) is 1.22. The quantitative estimate of drug-likeness (QED) is 0.453. The maximum atomic E-state index is 11.8. The Balaban J connectivity index is 1.64. The zero-order chi connectivity index (χ0) is 14.4. The van der Waals surface area contributed by atoms with E-state index in [4.69, 9.17) is 9.47 Å². The minimum Gasteiger partial charge on any atom is -0.446 e. The zero-order valence-corrected chi connectivity index (χ0v) is 12.5. The first kappa shape index (κ1) is 15.0. The third-order valence-electron chi connectivity index (χ3n) is 2.88. The van der Waals surface area contributed by atoms with E-state index in [9.17, 15) is 9.59 Å². The molecule has 1 fully saturated rings. The van der Waals surface area contributed by atoms with Crippen LogP contribution in [0.2, 0.25) is 0 Å². The number of nitrogens with zero attached hydrogens (tertiary/aromatic N) is 1. The molecule has 20 heavy (non-hydrogen) atoms. The Kier molecular flexibility index (Phi) is 5.55. The van der Waals surface area contributed by atoms with E-state index in [2.05, 4.69) is 15.9 Å². The number of carbonyl (C=O) groups excluding carboxylic acids is 2. The van der Waals surface area contributed by atoms with Gasteiger partial charge in [-0.2, -0.15) is 0 Å². The Morgan fingerprint density at radius 3 is 2.80 bits per heavy atom. The molecule has 0 aromatic heterocycles. The van der Waals surface area contributed by atoms with Gasteiger partial charge < -0.3 is 9.47 Å². The monoisotopic (exact) mass is 341 g/mol. The number of imide groups is 1. The number of ether oxygens (including phenoxy) is 2. The van der Waals surface area contributed by atoms with E-state index in [0.717, 1.165) is 10.5 Å². The molecule has 1 aromatic rings. The van der Waals surface area contributed by atoms with Crippen LogP contribution in [0.15, 0.2) is 30.3 Å². The summed E-state index contributed by atoms with van der Waals surface area (Å²) in [6.07, 6.45) is 0.267. The van der Waals surface area contributed by atoms with E-state index in [0.29, 0.717) is 19.6 Å². The largest absolute Gasteiger partial charge is 0.446 e. The van der Waals surface area contributed by atoms with Crippen LogP contribution in [0, 0.1) is 0 Å². The molecule has 6 heteroatoms. The van der Waals surface area contributed by atoms with Crippen LogP contribution in [0.25, 0.3) is 0 Å². The molecule has 0 saturated carbocycles. The summed E-state index contributed by atoms with van der Waals surface area (Å²) in [4.78, 5) is 23.9. The van der Waals surface area contributed by atoms with Crippen molar-refractivity contribution in [2.45, 2.75) is 24.4 Å². The molecule has 0 spiro atoms. The Morgan fingerprint density at radius 2 is 2.15 bits per heavy atom. The topological polar surface area (TPSA) is 55.8 Å². The van der Waals surface area contributed by atoms with Crippen LogP contribution >= 0.6 is 15.9 Å². The second kappa shape index (κ2) is 7.40. The third-order valence-corrected chi connectivity index (χ3v) is 3.55. The van der Waals surface area contributed by atoms with Crippen molar-refractivity contribution in [3.05, 3.63) is 35.9 Å². The Bertz CT molecular complexity index is 466. The molecule has 2 rings (SSSR count). The molecule has 1 aliphatic heterocycles. The maximum Gasteiger partial charge on any atom is 0.417 e. The number of benzene rings is 1. The van der Waals surface area contributed by atoms with Crippen molar-refractivity contribution in [1.29, 1.82) is 0 Å². The summed E-state index contributed by atoms with van der Waals surface area (Å²) in [6, 6.07) is 9.84. The lowest BCUT2D eigenvalue weighted by Crippen LogP contribution is -2.35. The number of carbonyl (C=O) groups is 2.